The molecule has 0 aliphatic rings. The zero-order chi connectivity index (χ0) is 12.7. The molecule has 1 aromatic carbocycles. The lowest BCUT2D eigenvalue weighted by Gasteiger charge is -2.05. The van der Waals surface area contributed by atoms with Gasteiger partial charge in [-0.3, -0.25) is 14.9 Å². The Morgan fingerprint density at radius 2 is 2.06 bits per heavy atom. The number of aliphatic hydroxyl groups is 1. The number of hydrogen-bond donors (Lipinski definition) is 2. The summed E-state index contributed by atoms with van der Waals surface area (Å²) in [6.07, 6.45) is 0. The second kappa shape index (κ2) is 7.47. The number of amides is 2. The van der Waals surface area contributed by atoms with Gasteiger partial charge in [-0.25, -0.2) is 0 Å². The third kappa shape index (κ3) is 4.89. The molecule has 0 saturated heterocycles. The predicted octanol–water partition coefficient (Wildman–Crippen LogP) is 1.43. The fourth-order valence-corrected chi connectivity index (χ4v) is 2.10. The third-order valence-corrected chi connectivity index (χ3v) is 3.47. The van der Waals surface area contributed by atoms with Gasteiger partial charge in [-0.15, -0.1) is 11.8 Å². The molecule has 0 aliphatic heterocycles. The number of nitrogens with one attached hydrogen (secondary N) is 1. The fraction of sp³-hybridized carbons (Fsp3) is 0.273. The molecule has 2 amide bonds. The Labute approximate surface area is 112 Å². The van der Waals surface area contributed by atoms with Gasteiger partial charge in [0.25, 0.3) is 5.91 Å². The van der Waals surface area contributed by atoms with Crippen molar-refractivity contribution in [3.05, 3.63) is 34.3 Å². The van der Waals surface area contributed by atoms with Crippen LogP contribution in [0, 0.1) is 0 Å². The molecule has 0 aromatic heterocycles. The number of halogens is 1. The van der Waals surface area contributed by atoms with Gasteiger partial charge in [-0.2, -0.15) is 0 Å². The summed E-state index contributed by atoms with van der Waals surface area (Å²) in [5.41, 5.74) is 0.424. The molecule has 0 radical (unpaired) electrons. The van der Waals surface area contributed by atoms with Crippen LogP contribution in [0.3, 0.4) is 0 Å². The van der Waals surface area contributed by atoms with E-state index in [1.165, 1.54) is 11.8 Å². The number of carbonyl (C=O) groups is 2. The number of rotatable bonds is 5. The Balaban J connectivity index is 2.49. The minimum absolute atomic E-state index is 0.0239. The Morgan fingerprint density at radius 3 is 2.71 bits per heavy atom. The first kappa shape index (κ1) is 14.2. The lowest BCUT2D eigenvalue weighted by molar-refractivity contribution is -0.117. The van der Waals surface area contributed by atoms with Gasteiger partial charge in [0, 0.05) is 10.2 Å². The van der Waals surface area contributed by atoms with Crippen molar-refractivity contribution in [2.75, 3.05) is 18.1 Å². The van der Waals surface area contributed by atoms with Crippen molar-refractivity contribution in [2.45, 2.75) is 0 Å². The summed E-state index contributed by atoms with van der Waals surface area (Å²) in [7, 11) is 0. The van der Waals surface area contributed by atoms with Crippen molar-refractivity contribution in [3.8, 4) is 0 Å². The van der Waals surface area contributed by atoms with Crippen LogP contribution >= 0.6 is 27.7 Å². The summed E-state index contributed by atoms with van der Waals surface area (Å²) < 4.78 is 0.647. The average molecular weight is 318 g/mol. The average Bonchev–Trinajstić information content (AvgIpc) is 2.29. The van der Waals surface area contributed by atoms with Crippen LogP contribution in [0.4, 0.5) is 0 Å². The molecule has 0 atom stereocenters. The molecule has 6 heteroatoms. The van der Waals surface area contributed by atoms with Crippen LogP contribution in [0.1, 0.15) is 10.4 Å². The summed E-state index contributed by atoms with van der Waals surface area (Å²) >= 11 is 4.52. The van der Waals surface area contributed by atoms with Gasteiger partial charge in [0.2, 0.25) is 5.91 Å². The van der Waals surface area contributed by atoms with E-state index >= 15 is 0 Å². The lowest BCUT2D eigenvalue weighted by atomic mass is 10.2. The van der Waals surface area contributed by atoms with Crippen molar-refractivity contribution in [2.24, 2.45) is 0 Å². The normalized spacial score (nSPS) is 10.0. The molecule has 1 rings (SSSR count). The van der Waals surface area contributed by atoms with E-state index in [1.807, 2.05) is 0 Å². The van der Waals surface area contributed by atoms with Gasteiger partial charge in [0.1, 0.15) is 0 Å². The zero-order valence-electron chi connectivity index (χ0n) is 8.98. The smallest absolute Gasteiger partial charge is 0.259 e. The monoisotopic (exact) mass is 317 g/mol. The van der Waals surface area contributed by atoms with E-state index in [2.05, 4.69) is 21.2 Å². The highest BCUT2D eigenvalue weighted by atomic mass is 79.9. The number of benzene rings is 1. The summed E-state index contributed by atoms with van der Waals surface area (Å²) in [5.74, 6) is -0.135. The summed E-state index contributed by atoms with van der Waals surface area (Å²) in [6, 6.07) is 6.89. The van der Waals surface area contributed by atoms with Gasteiger partial charge >= 0.3 is 0 Å². The highest BCUT2D eigenvalue weighted by Gasteiger charge is 2.12. The Kier molecular flexibility index (Phi) is 6.25. The third-order valence-electron chi connectivity index (χ3n) is 1.84. The standard InChI is InChI=1S/C11H12BrNO3S/c12-9-4-2-1-3-8(9)11(16)13-10(15)7-17-6-5-14/h1-4,14H,5-7H2,(H,13,15,16). The van der Waals surface area contributed by atoms with Crippen molar-refractivity contribution in [1.82, 2.24) is 5.32 Å². The van der Waals surface area contributed by atoms with Crippen LogP contribution in [-0.4, -0.2) is 35.0 Å². The number of imide groups is 1. The molecule has 1 aromatic rings. The Hall–Kier alpha value is -0.850. The summed E-state index contributed by atoms with van der Waals surface area (Å²) in [4.78, 5) is 23.1. The molecule has 0 aliphatic carbocycles. The zero-order valence-corrected chi connectivity index (χ0v) is 11.4. The first-order valence-corrected chi connectivity index (χ1v) is 6.87. The highest BCUT2D eigenvalue weighted by Crippen LogP contribution is 2.15. The van der Waals surface area contributed by atoms with Gasteiger partial charge < -0.3 is 5.11 Å². The van der Waals surface area contributed by atoms with E-state index in [0.717, 1.165) is 0 Å². The van der Waals surface area contributed by atoms with E-state index in [1.54, 1.807) is 24.3 Å². The number of aliphatic hydroxyl groups excluding tert-OH is 1. The minimum Gasteiger partial charge on any atom is -0.396 e. The quantitative estimate of drug-likeness (QED) is 0.806. The second-order valence-electron chi connectivity index (χ2n) is 3.13. The predicted molar refractivity (Wildman–Crippen MR) is 71.0 cm³/mol. The number of hydrogen-bond acceptors (Lipinski definition) is 4. The van der Waals surface area contributed by atoms with E-state index in [4.69, 9.17) is 5.11 Å². The van der Waals surface area contributed by atoms with Crippen molar-refractivity contribution < 1.29 is 14.7 Å². The Bertz CT molecular complexity index is 411. The molecule has 0 saturated carbocycles. The molecule has 0 spiro atoms. The molecule has 0 unspecified atom stereocenters. The van der Waals surface area contributed by atoms with Gasteiger partial charge in [-0.05, 0) is 28.1 Å². The lowest BCUT2D eigenvalue weighted by Crippen LogP contribution is -2.32. The summed E-state index contributed by atoms with van der Waals surface area (Å²) in [6.45, 7) is 0.0239. The van der Waals surface area contributed by atoms with Crippen LogP contribution in [0.25, 0.3) is 0 Å². The SMILES string of the molecule is O=C(CSCCO)NC(=O)c1ccccc1Br. The number of thioether (sulfide) groups is 1. The molecule has 17 heavy (non-hydrogen) atoms. The maximum absolute atomic E-state index is 11.7. The fourth-order valence-electron chi connectivity index (χ4n) is 1.10. The molecule has 0 bridgehead atoms. The minimum atomic E-state index is -0.424. The maximum atomic E-state index is 11.7. The molecule has 0 fully saturated rings. The Morgan fingerprint density at radius 1 is 1.35 bits per heavy atom. The van der Waals surface area contributed by atoms with E-state index in [9.17, 15) is 9.59 Å². The van der Waals surface area contributed by atoms with Gasteiger partial charge in [0.05, 0.1) is 17.9 Å². The van der Waals surface area contributed by atoms with Gasteiger partial charge in [0.15, 0.2) is 0 Å². The molecular formula is C11H12BrNO3S. The van der Waals surface area contributed by atoms with Gasteiger partial charge in [-0.1, -0.05) is 12.1 Å². The van der Waals surface area contributed by atoms with Crippen molar-refractivity contribution in [3.63, 3.8) is 0 Å². The summed E-state index contributed by atoms with van der Waals surface area (Å²) in [5, 5.41) is 10.8. The maximum Gasteiger partial charge on any atom is 0.259 e. The molecule has 0 heterocycles. The second-order valence-corrected chi connectivity index (χ2v) is 5.09. The van der Waals surface area contributed by atoms with E-state index in [-0.39, 0.29) is 18.3 Å². The van der Waals surface area contributed by atoms with Crippen LogP contribution in [0.15, 0.2) is 28.7 Å². The van der Waals surface area contributed by atoms with Crippen LogP contribution in [0.2, 0.25) is 0 Å². The molecular weight excluding hydrogens is 306 g/mol. The van der Waals surface area contributed by atoms with Crippen LogP contribution < -0.4 is 5.32 Å². The van der Waals surface area contributed by atoms with Crippen LogP contribution in [-0.2, 0) is 4.79 Å². The van der Waals surface area contributed by atoms with Crippen molar-refractivity contribution in [1.29, 1.82) is 0 Å². The first-order chi connectivity index (χ1) is 8.15. The largest absolute Gasteiger partial charge is 0.396 e. The molecule has 2 N–H and O–H groups in total. The molecule has 4 nitrogen and oxygen atoms in total. The highest BCUT2D eigenvalue weighted by molar-refractivity contribution is 9.10. The van der Waals surface area contributed by atoms with E-state index < -0.39 is 5.91 Å². The van der Waals surface area contributed by atoms with E-state index in [0.29, 0.717) is 15.8 Å². The molecule has 92 valence electrons. The van der Waals surface area contributed by atoms with Crippen LogP contribution in [0.5, 0.6) is 0 Å². The topological polar surface area (TPSA) is 66.4 Å². The first-order valence-electron chi connectivity index (χ1n) is 4.92. The van der Waals surface area contributed by atoms with Crippen molar-refractivity contribution >= 4 is 39.5 Å². The number of carbonyl (C=O) groups excluding carboxylic acids is 2.